The van der Waals surface area contributed by atoms with Gasteiger partial charge in [0.05, 0.1) is 17.5 Å². The van der Waals surface area contributed by atoms with Gasteiger partial charge in [0, 0.05) is 12.7 Å². The highest BCUT2D eigenvalue weighted by Crippen LogP contribution is 2.34. The average molecular weight is 337 g/mol. The maximum atomic E-state index is 6.06. The summed E-state index contributed by atoms with van der Waals surface area (Å²) in [7, 11) is 1.92. The molecular weight excluding hydrogens is 318 g/mol. The largest absolute Gasteiger partial charge is 0.420 e. The van der Waals surface area contributed by atoms with Crippen molar-refractivity contribution in [3.63, 3.8) is 0 Å². The van der Waals surface area contributed by atoms with Crippen molar-refractivity contribution in [3.05, 3.63) is 53.4 Å². The second-order valence-electron chi connectivity index (χ2n) is 6.66. The van der Waals surface area contributed by atoms with Crippen molar-refractivity contribution in [2.45, 2.75) is 32.7 Å². The van der Waals surface area contributed by atoms with Crippen molar-refractivity contribution in [3.8, 4) is 0 Å². The lowest BCUT2D eigenvalue weighted by Gasteiger charge is -2.25. The van der Waals surface area contributed by atoms with Gasteiger partial charge < -0.3 is 9.32 Å². The van der Waals surface area contributed by atoms with Crippen molar-refractivity contribution in [2.75, 3.05) is 11.9 Å². The van der Waals surface area contributed by atoms with Crippen LogP contribution in [0.1, 0.15) is 38.1 Å². The Labute approximate surface area is 145 Å². The Morgan fingerprint density at radius 2 is 1.84 bits per heavy atom. The molecule has 4 rings (SSSR count). The van der Waals surface area contributed by atoms with Gasteiger partial charge in [0.25, 0.3) is 0 Å². The lowest BCUT2D eigenvalue weighted by molar-refractivity contribution is 0.404. The van der Waals surface area contributed by atoms with Crippen LogP contribution in [0.3, 0.4) is 0 Å². The van der Waals surface area contributed by atoms with Crippen LogP contribution in [0, 0.1) is 0 Å². The highest BCUT2D eigenvalue weighted by atomic mass is 16.4. The van der Waals surface area contributed by atoms with Gasteiger partial charge in [0.1, 0.15) is 0 Å². The molecule has 25 heavy (non-hydrogen) atoms. The van der Waals surface area contributed by atoms with Crippen LogP contribution < -0.4 is 4.90 Å². The summed E-state index contributed by atoms with van der Waals surface area (Å²) in [5.74, 6) is 1.79. The van der Waals surface area contributed by atoms with E-state index in [9.17, 15) is 0 Å². The van der Waals surface area contributed by atoms with E-state index in [1.165, 1.54) is 0 Å². The first kappa shape index (κ1) is 15.5. The van der Waals surface area contributed by atoms with Gasteiger partial charge in [0.2, 0.25) is 17.7 Å². The molecule has 3 aromatic rings. The lowest BCUT2D eigenvalue weighted by Crippen LogP contribution is -2.26. The zero-order chi connectivity index (χ0) is 17.6. The predicted molar refractivity (Wildman–Crippen MR) is 91.7 cm³/mol. The SMILES string of the molecule is CC1=C(c2nnc(C(C)(C)c3ccccc3)o2)Cn2nnnc2N1C. The van der Waals surface area contributed by atoms with Crippen molar-refractivity contribution in [2.24, 2.45) is 0 Å². The normalized spacial score (nSPS) is 14.8. The topological polar surface area (TPSA) is 85.8 Å². The molecule has 0 saturated carbocycles. The average Bonchev–Trinajstić information content (AvgIpc) is 3.28. The Balaban J connectivity index is 1.71. The molecule has 0 saturated heterocycles. The number of benzene rings is 1. The van der Waals surface area contributed by atoms with E-state index < -0.39 is 0 Å². The van der Waals surface area contributed by atoms with Crippen LogP contribution in [0.15, 0.2) is 40.4 Å². The molecule has 2 aromatic heterocycles. The quantitative estimate of drug-likeness (QED) is 0.724. The molecule has 0 aliphatic carbocycles. The fourth-order valence-corrected chi connectivity index (χ4v) is 2.96. The number of nitrogens with zero attached hydrogens (tertiary/aromatic N) is 7. The van der Waals surface area contributed by atoms with E-state index in [0.717, 1.165) is 16.8 Å². The number of fused-ring (bicyclic) bond motifs is 1. The van der Waals surface area contributed by atoms with Crippen LogP contribution in [-0.2, 0) is 12.0 Å². The van der Waals surface area contributed by atoms with Gasteiger partial charge in [-0.3, -0.25) is 0 Å². The highest BCUT2D eigenvalue weighted by Gasteiger charge is 2.32. The Bertz CT molecular complexity index is 939. The minimum absolute atomic E-state index is 0.373. The van der Waals surface area contributed by atoms with E-state index >= 15 is 0 Å². The van der Waals surface area contributed by atoms with Gasteiger partial charge in [-0.25, -0.2) is 4.68 Å². The second kappa shape index (κ2) is 5.51. The van der Waals surface area contributed by atoms with Crippen molar-refractivity contribution < 1.29 is 4.42 Å². The predicted octanol–water partition coefficient (Wildman–Crippen LogP) is 2.26. The van der Waals surface area contributed by atoms with Crippen LogP contribution in [0.25, 0.3) is 5.57 Å². The van der Waals surface area contributed by atoms with Gasteiger partial charge >= 0.3 is 0 Å². The third-order valence-electron chi connectivity index (χ3n) is 4.77. The molecule has 0 spiro atoms. The number of allylic oxidation sites excluding steroid dienone is 2. The van der Waals surface area contributed by atoms with Gasteiger partial charge in [-0.05, 0) is 36.8 Å². The Kier molecular flexibility index (Phi) is 3.41. The fourth-order valence-electron chi connectivity index (χ4n) is 2.96. The Morgan fingerprint density at radius 3 is 2.60 bits per heavy atom. The van der Waals surface area contributed by atoms with Crippen molar-refractivity contribution in [1.82, 2.24) is 30.4 Å². The third kappa shape index (κ3) is 2.41. The molecule has 3 heterocycles. The van der Waals surface area contributed by atoms with Crippen molar-refractivity contribution >= 4 is 11.5 Å². The van der Waals surface area contributed by atoms with E-state index in [4.69, 9.17) is 4.42 Å². The summed E-state index contributed by atoms with van der Waals surface area (Å²) in [4.78, 5) is 1.92. The van der Waals surface area contributed by atoms with Gasteiger partial charge in [-0.1, -0.05) is 35.4 Å². The zero-order valence-corrected chi connectivity index (χ0v) is 14.6. The maximum Gasteiger partial charge on any atom is 0.249 e. The van der Waals surface area contributed by atoms with Crippen LogP contribution >= 0.6 is 0 Å². The Hall–Kier alpha value is -3.03. The summed E-state index contributed by atoms with van der Waals surface area (Å²) in [6, 6.07) is 10.1. The summed E-state index contributed by atoms with van der Waals surface area (Å²) >= 11 is 0. The molecule has 0 N–H and O–H groups in total. The van der Waals surface area contributed by atoms with Crippen LogP contribution in [0.5, 0.6) is 0 Å². The smallest absolute Gasteiger partial charge is 0.249 e. The molecule has 0 radical (unpaired) electrons. The third-order valence-corrected chi connectivity index (χ3v) is 4.77. The molecule has 128 valence electrons. The maximum absolute atomic E-state index is 6.06. The van der Waals surface area contributed by atoms with Gasteiger partial charge in [-0.15, -0.1) is 10.2 Å². The molecule has 1 aliphatic rings. The molecule has 1 aliphatic heterocycles. The number of anilines is 1. The number of hydrogen-bond donors (Lipinski definition) is 0. The molecule has 8 heteroatoms. The summed E-state index contributed by atoms with van der Waals surface area (Å²) < 4.78 is 7.78. The summed E-state index contributed by atoms with van der Waals surface area (Å²) in [5.41, 5.74) is 2.67. The van der Waals surface area contributed by atoms with E-state index in [1.807, 2.05) is 37.1 Å². The molecule has 1 aromatic carbocycles. The molecule has 0 amide bonds. The van der Waals surface area contributed by atoms with Crippen LogP contribution in [0.4, 0.5) is 5.95 Å². The standard InChI is InChI=1S/C17H19N7O/c1-11-13(10-24-16(23(11)4)20-21-22-24)14-18-19-15(25-14)17(2,3)12-8-6-5-7-9-12/h5-9H,10H2,1-4H3. The Morgan fingerprint density at radius 1 is 1.08 bits per heavy atom. The summed E-state index contributed by atoms with van der Waals surface area (Å²) in [5, 5.41) is 20.4. The van der Waals surface area contributed by atoms with Crippen molar-refractivity contribution in [1.29, 1.82) is 0 Å². The molecule has 8 nitrogen and oxygen atoms in total. The summed E-state index contributed by atoms with van der Waals surface area (Å²) in [6.45, 7) is 6.66. The monoisotopic (exact) mass is 337 g/mol. The van der Waals surface area contributed by atoms with E-state index in [1.54, 1.807) is 4.68 Å². The lowest BCUT2D eigenvalue weighted by atomic mass is 9.85. The highest BCUT2D eigenvalue weighted by molar-refractivity contribution is 5.68. The number of tetrazole rings is 1. The number of hydrogen-bond acceptors (Lipinski definition) is 7. The van der Waals surface area contributed by atoms with Gasteiger partial charge in [0.15, 0.2) is 0 Å². The number of rotatable bonds is 3. The fraction of sp³-hybridized carbons (Fsp3) is 0.353. The molecule has 0 atom stereocenters. The molecular formula is C17H19N7O. The minimum Gasteiger partial charge on any atom is -0.420 e. The van der Waals surface area contributed by atoms with E-state index in [0.29, 0.717) is 24.3 Å². The van der Waals surface area contributed by atoms with E-state index in [2.05, 4.69) is 51.7 Å². The zero-order valence-electron chi connectivity index (χ0n) is 14.6. The number of aromatic nitrogens is 6. The molecule has 0 unspecified atom stereocenters. The van der Waals surface area contributed by atoms with Gasteiger partial charge in [-0.2, -0.15) is 0 Å². The van der Waals surface area contributed by atoms with Crippen LogP contribution in [0.2, 0.25) is 0 Å². The first-order chi connectivity index (χ1) is 12.0. The first-order valence-electron chi connectivity index (χ1n) is 8.08. The minimum atomic E-state index is -0.373. The molecule has 0 fully saturated rings. The first-order valence-corrected chi connectivity index (χ1v) is 8.08. The summed E-state index contributed by atoms with van der Waals surface area (Å²) in [6.07, 6.45) is 0. The molecule has 0 bridgehead atoms. The van der Waals surface area contributed by atoms with Crippen LogP contribution in [-0.4, -0.2) is 37.5 Å². The van der Waals surface area contributed by atoms with E-state index in [-0.39, 0.29) is 5.41 Å². The second-order valence-corrected chi connectivity index (χ2v) is 6.66.